The summed E-state index contributed by atoms with van der Waals surface area (Å²) in [6.07, 6.45) is 2.66. The predicted molar refractivity (Wildman–Crippen MR) is 68.5 cm³/mol. The number of carbonyl (C=O) groups is 1. The highest BCUT2D eigenvalue weighted by Crippen LogP contribution is 2.08. The number of amides is 1. The Balaban J connectivity index is 2.69. The van der Waals surface area contributed by atoms with Gasteiger partial charge in [0.2, 0.25) is 0 Å². The first-order chi connectivity index (χ1) is 8.08. The van der Waals surface area contributed by atoms with E-state index in [0.717, 1.165) is 12.1 Å². The molecule has 1 aromatic heterocycles. The van der Waals surface area contributed by atoms with E-state index in [-0.39, 0.29) is 11.9 Å². The minimum atomic E-state index is -0.0603. The van der Waals surface area contributed by atoms with Crippen molar-refractivity contribution in [2.45, 2.75) is 39.8 Å². The summed E-state index contributed by atoms with van der Waals surface area (Å²) < 4.78 is 0. The Morgan fingerprint density at radius 2 is 2.24 bits per heavy atom. The van der Waals surface area contributed by atoms with Gasteiger partial charge in [-0.05, 0) is 25.0 Å². The molecule has 0 saturated carbocycles. The number of nitrogens with zero attached hydrogens (tertiary/aromatic N) is 1. The molecule has 3 N–H and O–H groups in total. The van der Waals surface area contributed by atoms with Crippen LogP contribution in [0.1, 0.15) is 43.2 Å². The molecule has 1 rings (SSSR count). The fraction of sp³-hybridized carbons (Fsp3) is 0.538. The second-order valence-corrected chi connectivity index (χ2v) is 4.39. The molecule has 4 heteroatoms. The molecule has 0 bridgehead atoms. The van der Waals surface area contributed by atoms with Gasteiger partial charge in [0.1, 0.15) is 0 Å². The van der Waals surface area contributed by atoms with Crippen LogP contribution in [0.2, 0.25) is 0 Å². The van der Waals surface area contributed by atoms with E-state index in [1.54, 1.807) is 18.3 Å². The normalized spacial score (nSPS) is 14.1. The monoisotopic (exact) mass is 235 g/mol. The Morgan fingerprint density at radius 1 is 1.53 bits per heavy atom. The standard InChI is InChI=1S/C13H21N3O/c1-4-9(2)10(3)16-13(17)11-5-6-15-12(7-11)8-14/h5-7,9-10H,4,8,14H2,1-3H3,(H,16,17). The minimum absolute atomic E-state index is 0.0603. The second kappa shape index (κ2) is 6.35. The summed E-state index contributed by atoms with van der Waals surface area (Å²) in [5.41, 5.74) is 6.85. The quantitative estimate of drug-likeness (QED) is 0.816. The van der Waals surface area contributed by atoms with Crippen molar-refractivity contribution in [3.8, 4) is 0 Å². The van der Waals surface area contributed by atoms with Gasteiger partial charge in [-0.1, -0.05) is 20.3 Å². The SMILES string of the molecule is CCC(C)C(C)NC(=O)c1ccnc(CN)c1. The van der Waals surface area contributed by atoms with Crippen LogP contribution in [0.5, 0.6) is 0 Å². The van der Waals surface area contributed by atoms with Crippen LogP contribution in [0.3, 0.4) is 0 Å². The lowest BCUT2D eigenvalue weighted by molar-refractivity contribution is 0.0928. The largest absolute Gasteiger partial charge is 0.349 e. The van der Waals surface area contributed by atoms with Crippen LogP contribution < -0.4 is 11.1 Å². The van der Waals surface area contributed by atoms with Gasteiger partial charge in [0.05, 0.1) is 5.69 Å². The number of pyridine rings is 1. The third kappa shape index (κ3) is 3.82. The number of carbonyl (C=O) groups excluding carboxylic acids is 1. The maximum Gasteiger partial charge on any atom is 0.251 e. The molecule has 17 heavy (non-hydrogen) atoms. The van der Waals surface area contributed by atoms with E-state index in [2.05, 4.69) is 24.1 Å². The third-order valence-electron chi connectivity index (χ3n) is 3.14. The maximum absolute atomic E-state index is 12.0. The summed E-state index contributed by atoms with van der Waals surface area (Å²) in [7, 11) is 0. The van der Waals surface area contributed by atoms with E-state index < -0.39 is 0 Å². The lowest BCUT2D eigenvalue weighted by atomic mass is 10.0. The molecule has 94 valence electrons. The molecule has 1 amide bonds. The van der Waals surface area contributed by atoms with Crippen LogP contribution in [-0.2, 0) is 6.54 Å². The van der Waals surface area contributed by atoms with Crippen LogP contribution in [0, 0.1) is 5.92 Å². The van der Waals surface area contributed by atoms with Crippen molar-refractivity contribution < 1.29 is 4.79 Å². The second-order valence-electron chi connectivity index (χ2n) is 4.39. The average molecular weight is 235 g/mol. The van der Waals surface area contributed by atoms with Gasteiger partial charge in [-0.25, -0.2) is 0 Å². The van der Waals surface area contributed by atoms with Gasteiger partial charge in [-0.3, -0.25) is 9.78 Å². The van der Waals surface area contributed by atoms with Gasteiger partial charge in [0.15, 0.2) is 0 Å². The molecule has 1 heterocycles. The number of nitrogens with two attached hydrogens (primary N) is 1. The predicted octanol–water partition coefficient (Wildman–Crippen LogP) is 1.70. The number of nitrogens with one attached hydrogen (secondary N) is 1. The molecular formula is C13H21N3O. The van der Waals surface area contributed by atoms with E-state index in [0.29, 0.717) is 18.0 Å². The molecule has 4 nitrogen and oxygen atoms in total. The molecule has 1 aromatic rings. The van der Waals surface area contributed by atoms with Gasteiger partial charge in [-0.2, -0.15) is 0 Å². The molecule has 0 saturated heterocycles. The van der Waals surface area contributed by atoms with Gasteiger partial charge < -0.3 is 11.1 Å². The lowest BCUT2D eigenvalue weighted by Gasteiger charge is -2.19. The van der Waals surface area contributed by atoms with Crippen LogP contribution in [0.15, 0.2) is 18.3 Å². The number of rotatable bonds is 5. The van der Waals surface area contributed by atoms with E-state index >= 15 is 0 Å². The summed E-state index contributed by atoms with van der Waals surface area (Å²) in [6.45, 7) is 6.62. The van der Waals surface area contributed by atoms with Crippen molar-refractivity contribution in [2.75, 3.05) is 0 Å². The zero-order valence-corrected chi connectivity index (χ0v) is 10.7. The van der Waals surface area contributed by atoms with E-state index in [4.69, 9.17) is 5.73 Å². The topological polar surface area (TPSA) is 68.0 Å². The van der Waals surface area contributed by atoms with Gasteiger partial charge >= 0.3 is 0 Å². The summed E-state index contributed by atoms with van der Waals surface area (Å²) >= 11 is 0. The third-order valence-corrected chi connectivity index (χ3v) is 3.14. The zero-order chi connectivity index (χ0) is 12.8. The molecule has 0 radical (unpaired) electrons. The van der Waals surface area contributed by atoms with Crippen molar-refractivity contribution in [3.05, 3.63) is 29.6 Å². The Morgan fingerprint density at radius 3 is 2.82 bits per heavy atom. The van der Waals surface area contributed by atoms with Crippen molar-refractivity contribution in [2.24, 2.45) is 11.7 Å². The first-order valence-corrected chi connectivity index (χ1v) is 6.04. The summed E-state index contributed by atoms with van der Waals surface area (Å²) in [6, 6.07) is 3.61. The fourth-order valence-electron chi connectivity index (χ4n) is 1.52. The number of hydrogen-bond donors (Lipinski definition) is 2. The fourth-order valence-corrected chi connectivity index (χ4v) is 1.52. The highest BCUT2D eigenvalue weighted by atomic mass is 16.1. The molecule has 0 aliphatic carbocycles. The Kier molecular flexibility index (Phi) is 5.10. The van der Waals surface area contributed by atoms with E-state index in [9.17, 15) is 4.79 Å². The molecule has 0 aliphatic rings. The van der Waals surface area contributed by atoms with Crippen LogP contribution in [-0.4, -0.2) is 16.9 Å². The van der Waals surface area contributed by atoms with E-state index in [1.165, 1.54) is 0 Å². The van der Waals surface area contributed by atoms with Gasteiger partial charge in [0, 0.05) is 24.3 Å². The van der Waals surface area contributed by atoms with Crippen LogP contribution in [0.25, 0.3) is 0 Å². The Hall–Kier alpha value is -1.42. The molecule has 0 fully saturated rings. The first-order valence-electron chi connectivity index (χ1n) is 6.04. The molecule has 2 atom stereocenters. The molecule has 0 aliphatic heterocycles. The highest BCUT2D eigenvalue weighted by molar-refractivity contribution is 5.94. The van der Waals surface area contributed by atoms with Crippen molar-refractivity contribution in [1.29, 1.82) is 0 Å². The molecule has 0 aromatic carbocycles. The van der Waals surface area contributed by atoms with Crippen molar-refractivity contribution in [3.63, 3.8) is 0 Å². The van der Waals surface area contributed by atoms with Crippen molar-refractivity contribution >= 4 is 5.91 Å². The van der Waals surface area contributed by atoms with Gasteiger partial charge in [-0.15, -0.1) is 0 Å². The summed E-state index contributed by atoms with van der Waals surface area (Å²) in [5.74, 6) is 0.407. The Labute approximate surface area is 103 Å². The minimum Gasteiger partial charge on any atom is -0.349 e. The van der Waals surface area contributed by atoms with Crippen LogP contribution >= 0.6 is 0 Å². The van der Waals surface area contributed by atoms with Gasteiger partial charge in [0.25, 0.3) is 5.91 Å². The van der Waals surface area contributed by atoms with Crippen molar-refractivity contribution in [1.82, 2.24) is 10.3 Å². The summed E-state index contributed by atoms with van der Waals surface area (Å²) in [5, 5.41) is 2.99. The smallest absolute Gasteiger partial charge is 0.251 e. The van der Waals surface area contributed by atoms with Crippen LogP contribution in [0.4, 0.5) is 0 Å². The average Bonchev–Trinajstić information content (AvgIpc) is 2.37. The molecule has 2 unspecified atom stereocenters. The highest BCUT2D eigenvalue weighted by Gasteiger charge is 2.14. The zero-order valence-electron chi connectivity index (χ0n) is 10.7. The maximum atomic E-state index is 12.0. The van der Waals surface area contributed by atoms with E-state index in [1.807, 2.05) is 6.92 Å². The summed E-state index contributed by atoms with van der Waals surface area (Å²) in [4.78, 5) is 16.0. The molecule has 0 spiro atoms. The number of aromatic nitrogens is 1. The number of hydrogen-bond acceptors (Lipinski definition) is 3. The first kappa shape index (κ1) is 13.6. The molecular weight excluding hydrogens is 214 g/mol. The Bertz CT molecular complexity index is 379. The lowest BCUT2D eigenvalue weighted by Crippen LogP contribution is -2.36.